The number of nitrogens with zero attached hydrogens (tertiary/aromatic N) is 1. The van der Waals surface area contributed by atoms with Crippen LogP contribution >= 0.6 is 0 Å². The first-order chi connectivity index (χ1) is 10.3. The SMILES string of the molecule is Cc1ccc(S(=O)(=O)N=S(=O)(c2ccccc2)C(C)F)cc1. The van der Waals surface area contributed by atoms with Crippen LogP contribution in [0.25, 0.3) is 0 Å². The van der Waals surface area contributed by atoms with Gasteiger partial charge < -0.3 is 0 Å². The molecule has 0 bridgehead atoms. The molecular weight excluding hydrogens is 325 g/mol. The summed E-state index contributed by atoms with van der Waals surface area (Å²) in [6.45, 7) is 2.85. The van der Waals surface area contributed by atoms with Gasteiger partial charge in [-0.2, -0.15) is 8.42 Å². The summed E-state index contributed by atoms with van der Waals surface area (Å²) in [5, 5.41) is 0. The zero-order chi connectivity index (χ0) is 16.4. The fourth-order valence-electron chi connectivity index (χ4n) is 1.80. The van der Waals surface area contributed by atoms with Crippen LogP contribution < -0.4 is 0 Å². The lowest BCUT2D eigenvalue weighted by atomic mass is 10.2. The van der Waals surface area contributed by atoms with Crippen LogP contribution in [0.4, 0.5) is 4.39 Å². The highest BCUT2D eigenvalue weighted by atomic mass is 32.3. The number of aryl methyl sites for hydroxylation is 1. The van der Waals surface area contributed by atoms with Gasteiger partial charge in [-0.05, 0) is 38.1 Å². The topological polar surface area (TPSA) is 63.6 Å². The van der Waals surface area contributed by atoms with Crippen molar-refractivity contribution >= 4 is 19.8 Å². The second-order valence-electron chi connectivity index (χ2n) is 4.79. The van der Waals surface area contributed by atoms with Gasteiger partial charge in [0, 0.05) is 0 Å². The average molecular weight is 341 g/mol. The van der Waals surface area contributed by atoms with Crippen molar-refractivity contribution < 1.29 is 17.0 Å². The third-order valence-corrected chi connectivity index (χ3v) is 7.42. The largest absolute Gasteiger partial charge is 0.290 e. The van der Waals surface area contributed by atoms with Crippen LogP contribution in [0.15, 0.2) is 68.2 Å². The number of alkyl halides is 1. The molecule has 0 heterocycles. The molecule has 2 aromatic carbocycles. The fraction of sp³-hybridized carbons (Fsp3) is 0.200. The Morgan fingerprint density at radius 2 is 1.45 bits per heavy atom. The maximum atomic E-state index is 13.9. The number of sulfonamides is 1. The van der Waals surface area contributed by atoms with E-state index in [-0.39, 0.29) is 9.79 Å². The van der Waals surface area contributed by atoms with Crippen LogP contribution in [0, 0.1) is 6.92 Å². The van der Waals surface area contributed by atoms with Crippen LogP contribution in [0.2, 0.25) is 0 Å². The molecule has 2 unspecified atom stereocenters. The highest BCUT2D eigenvalue weighted by molar-refractivity contribution is 8.03. The van der Waals surface area contributed by atoms with Gasteiger partial charge in [0.1, 0.15) is 9.73 Å². The van der Waals surface area contributed by atoms with Crippen molar-refractivity contribution in [3.8, 4) is 0 Å². The van der Waals surface area contributed by atoms with E-state index in [9.17, 15) is 17.0 Å². The monoisotopic (exact) mass is 341 g/mol. The lowest BCUT2D eigenvalue weighted by molar-refractivity contribution is 0.464. The molecule has 2 aromatic rings. The van der Waals surface area contributed by atoms with Gasteiger partial charge in [-0.25, -0.2) is 8.60 Å². The minimum atomic E-state index is -4.22. The van der Waals surface area contributed by atoms with E-state index in [1.54, 1.807) is 30.3 Å². The predicted octanol–water partition coefficient (Wildman–Crippen LogP) is 3.53. The van der Waals surface area contributed by atoms with Crippen molar-refractivity contribution in [1.29, 1.82) is 0 Å². The number of hydrogen-bond donors (Lipinski definition) is 0. The van der Waals surface area contributed by atoms with Gasteiger partial charge in [0.15, 0.2) is 5.50 Å². The molecule has 0 saturated carbocycles. The number of hydrogen-bond acceptors (Lipinski definition) is 3. The molecule has 7 heteroatoms. The molecule has 22 heavy (non-hydrogen) atoms. The molecular formula is C15H16FNO3S2. The predicted molar refractivity (Wildman–Crippen MR) is 84.2 cm³/mol. The lowest BCUT2D eigenvalue weighted by Gasteiger charge is -2.11. The maximum absolute atomic E-state index is 13.9. The van der Waals surface area contributed by atoms with E-state index in [1.165, 1.54) is 24.3 Å². The van der Waals surface area contributed by atoms with E-state index >= 15 is 0 Å². The summed E-state index contributed by atoms with van der Waals surface area (Å²) in [5.41, 5.74) is -1.04. The van der Waals surface area contributed by atoms with Crippen LogP contribution in [0.1, 0.15) is 12.5 Å². The molecule has 0 saturated heterocycles. The maximum Gasteiger partial charge on any atom is 0.290 e. The fourth-order valence-corrected chi connectivity index (χ4v) is 5.54. The van der Waals surface area contributed by atoms with Gasteiger partial charge in [0.25, 0.3) is 10.0 Å². The summed E-state index contributed by atoms with van der Waals surface area (Å²) in [6, 6.07) is 13.5. The minimum absolute atomic E-state index is 0.0562. The molecule has 0 aliphatic rings. The zero-order valence-electron chi connectivity index (χ0n) is 12.1. The smallest absolute Gasteiger partial charge is 0.241 e. The molecule has 0 aromatic heterocycles. The Labute approximate surface area is 130 Å². The first-order valence-electron chi connectivity index (χ1n) is 6.54. The van der Waals surface area contributed by atoms with Crippen molar-refractivity contribution in [2.75, 3.05) is 0 Å². The van der Waals surface area contributed by atoms with E-state index < -0.39 is 25.3 Å². The summed E-state index contributed by atoms with van der Waals surface area (Å²) in [5.74, 6) is 0. The molecule has 0 amide bonds. The minimum Gasteiger partial charge on any atom is -0.241 e. The van der Waals surface area contributed by atoms with Gasteiger partial charge in [-0.1, -0.05) is 39.7 Å². The lowest BCUT2D eigenvalue weighted by Crippen LogP contribution is -2.15. The molecule has 0 N–H and O–H groups in total. The molecule has 0 aliphatic carbocycles. The van der Waals surface area contributed by atoms with Crippen LogP contribution in [0.3, 0.4) is 0 Å². The number of benzene rings is 2. The first kappa shape index (κ1) is 16.6. The van der Waals surface area contributed by atoms with Gasteiger partial charge in [-0.3, -0.25) is 0 Å². The molecule has 0 spiro atoms. The standard InChI is InChI=1S/C15H16FNO3S2/c1-12-8-10-15(11-9-12)22(19,20)17-21(18,13(2)16)14-6-4-3-5-7-14/h3-11,13H,1-2H3. The molecule has 0 aliphatic heterocycles. The molecule has 0 radical (unpaired) electrons. The molecule has 2 atom stereocenters. The van der Waals surface area contributed by atoms with Gasteiger partial charge in [0.05, 0.1) is 9.79 Å². The van der Waals surface area contributed by atoms with Gasteiger partial charge in [0.2, 0.25) is 0 Å². The van der Waals surface area contributed by atoms with Gasteiger partial charge >= 0.3 is 0 Å². The second kappa shape index (κ2) is 6.18. The third kappa shape index (κ3) is 3.36. The number of halogens is 1. The van der Waals surface area contributed by atoms with Crippen molar-refractivity contribution in [1.82, 2.24) is 0 Å². The Bertz CT molecular complexity index is 867. The molecule has 118 valence electrons. The van der Waals surface area contributed by atoms with Gasteiger partial charge in [-0.15, -0.1) is 0 Å². The van der Waals surface area contributed by atoms with Crippen molar-refractivity contribution in [2.24, 2.45) is 3.77 Å². The summed E-state index contributed by atoms with van der Waals surface area (Å²) < 4.78 is 54.8. The highest BCUT2D eigenvalue weighted by Crippen LogP contribution is 2.24. The van der Waals surface area contributed by atoms with E-state index in [0.29, 0.717) is 0 Å². The number of rotatable bonds is 4. The van der Waals surface area contributed by atoms with E-state index in [2.05, 4.69) is 3.77 Å². The van der Waals surface area contributed by atoms with E-state index in [1.807, 2.05) is 6.92 Å². The highest BCUT2D eigenvalue weighted by Gasteiger charge is 2.26. The summed E-state index contributed by atoms with van der Waals surface area (Å²) >= 11 is 0. The van der Waals surface area contributed by atoms with Crippen LogP contribution in [-0.4, -0.2) is 18.1 Å². The summed E-state index contributed by atoms with van der Waals surface area (Å²) in [4.78, 5) is -0.0527. The second-order valence-corrected chi connectivity index (χ2v) is 9.06. The Morgan fingerprint density at radius 3 is 1.95 bits per heavy atom. The Hall–Kier alpha value is -1.73. The Morgan fingerprint density at radius 1 is 0.909 bits per heavy atom. The molecule has 2 rings (SSSR count). The van der Waals surface area contributed by atoms with Crippen molar-refractivity contribution in [2.45, 2.75) is 29.1 Å². The Balaban J connectivity index is 2.65. The third-order valence-electron chi connectivity index (χ3n) is 3.05. The van der Waals surface area contributed by atoms with Crippen molar-refractivity contribution in [3.63, 3.8) is 0 Å². The molecule has 0 fully saturated rings. The van der Waals surface area contributed by atoms with E-state index in [0.717, 1.165) is 12.5 Å². The van der Waals surface area contributed by atoms with Crippen molar-refractivity contribution in [3.05, 3.63) is 60.2 Å². The summed E-state index contributed by atoms with van der Waals surface area (Å²) in [7, 11) is -7.95. The average Bonchev–Trinajstić information content (AvgIpc) is 2.48. The van der Waals surface area contributed by atoms with E-state index in [4.69, 9.17) is 0 Å². The Kier molecular flexibility index (Phi) is 4.67. The summed E-state index contributed by atoms with van der Waals surface area (Å²) in [6.07, 6.45) is 0. The molecule has 4 nitrogen and oxygen atoms in total. The van der Waals surface area contributed by atoms with Crippen LogP contribution in [0.5, 0.6) is 0 Å². The zero-order valence-corrected chi connectivity index (χ0v) is 13.8. The quantitative estimate of drug-likeness (QED) is 0.854. The first-order valence-corrected chi connectivity index (χ1v) is 9.55. The normalized spacial score (nSPS) is 15.8. The van der Waals surface area contributed by atoms with Crippen LogP contribution in [-0.2, 0) is 19.8 Å².